The SMILES string of the molecule is CN(C)c1ccc(NC(=O)c2ccc(Nc3ccc(F)c(F)c3F)nc2)cc1. The molecular weight excluding hydrogens is 369 g/mol. The molecule has 0 aliphatic carbocycles. The van der Waals surface area contributed by atoms with Crippen LogP contribution in [0.1, 0.15) is 10.4 Å². The van der Waals surface area contributed by atoms with Crippen LogP contribution in [-0.4, -0.2) is 25.0 Å². The Hall–Kier alpha value is -3.55. The van der Waals surface area contributed by atoms with Gasteiger partial charge in [-0.3, -0.25) is 4.79 Å². The van der Waals surface area contributed by atoms with Crippen LogP contribution in [0.15, 0.2) is 54.7 Å². The Kier molecular flexibility index (Phi) is 5.49. The Labute approximate surface area is 159 Å². The number of amides is 1. The number of hydrogen-bond donors (Lipinski definition) is 2. The molecule has 0 atom stereocenters. The molecule has 28 heavy (non-hydrogen) atoms. The van der Waals surface area contributed by atoms with E-state index in [0.29, 0.717) is 5.69 Å². The van der Waals surface area contributed by atoms with Crippen molar-refractivity contribution in [1.82, 2.24) is 4.98 Å². The minimum Gasteiger partial charge on any atom is -0.378 e. The first-order valence-corrected chi connectivity index (χ1v) is 8.30. The second-order valence-corrected chi connectivity index (χ2v) is 6.18. The van der Waals surface area contributed by atoms with Crippen LogP contribution in [0.25, 0.3) is 0 Å². The van der Waals surface area contributed by atoms with E-state index < -0.39 is 17.5 Å². The summed E-state index contributed by atoms with van der Waals surface area (Å²) in [6.07, 6.45) is 1.30. The van der Waals surface area contributed by atoms with Gasteiger partial charge in [-0.05, 0) is 48.5 Å². The summed E-state index contributed by atoms with van der Waals surface area (Å²) in [6.45, 7) is 0. The maximum Gasteiger partial charge on any atom is 0.257 e. The summed E-state index contributed by atoms with van der Waals surface area (Å²) >= 11 is 0. The fourth-order valence-electron chi connectivity index (χ4n) is 2.41. The monoisotopic (exact) mass is 386 g/mol. The van der Waals surface area contributed by atoms with Gasteiger partial charge < -0.3 is 15.5 Å². The van der Waals surface area contributed by atoms with Crippen LogP contribution in [0.3, 0.4) is 0 Å². The minimum absolute atomic E-state index is 0.178. The number of nitrogens with zero attached hydrogens (tertiary/aromatic N) is 2. The van der Waals surface area contributed by atoms with E-state index in [1.54, 1.807) is 12.1 Å². The van der Waals surface area contributed by atoms with E-state index in [4.69, 9.17) is 0 Å². The van der Waals surface area contributed by atoms with E-state index >= 15 is 0 Å². The fourth-order valence-corrected chi connectivity index (χ4v) is 2.41. The van der Waals surface area contributed by atoms with Crippen LogP contribution < -0.4 is 15.5 Å². The predicted octanol–water partition coefficient (Wildman–Crippen LogP) is 4.56. The van der Waals surface area contributed by atoms with Gasteiger partial charge in [0, 0.05) is 31.7 Å². The Morgan fingerprint density at radius 2 is 1.64 bits per heavy atom. The van der Waals surface area contributed by atoms with Crippen molar-refractivity contribution < 1.29 is 18.0 Å². The molecule has 0 saturated carbocycles. The Balaban J connectivity index is 1.68. The third-order valence-electron chi connectivity index (χ3n) is 3.97. The molecule has 2 N–H and O–H groups in total. The van der Waals surface area contributed by atoms with Gasteiger partial charge in [0.25, 0.3) is 5.91 Å². The van der Waals surface area contributed by atoms with Crippen molar-refractivity contribution in [2.75, 3.05) is 29.6 Å². The van der Waals surface area contributed by atoms with Crippen molar-refractivity contribution in [2.45, 2.75) is 0 Å². The molecule has 0 saturated heterocycles. The van der Waals surface area contributed by atoms with E-state index in [1.807, 2.05) is 31.1 Å². The molecule has 0 unspecified atom stereocenters. The van der Waals surface area contributed by atoms with Gasteiger partial charge >= 0.3 is 0 Å². The molecule has 0 radical (unpaired) electrons. The highest BCUT2D eigenvalue weighted by Gasteiger charge is 2.14. The van der Waals surface area contributed by atoms with Gasteiger partial charge in [-0.15, -0.1) is 0 Å². The number of benzene rings is 2. The molecule has 0 fully saturated rings. The van der Waals surface area contributed by atoms with Gasteiger partial charge in [-0.1, -0.05) is 0 Å². The molecule has 3 rings (SSSR count). The highest BCUT2D eigenvalue weighted by molar-refractivity contribution is 6.04. The predicted molar refractivity (Wildman–Crippen MR) is 103 cm³/mol. The van der Waals surface area contributed by atoms with E-state index in [9.17, 15) is 18.0 Å². The van der Waals surface area contributed by atoms with Gasteiger partial charge in [-0.25, -0.2) is 18.2 Å². The van der Waals surface area contributed by atoms with Crippen molar-refractivity contribution in [3.8, 4) is 0 Å². The Bertz CT molecular complexity index is 990. The van der Waals surface area contributed by atoms with Crippen molar-refractivity contribution in [3.63, 3.8) is 0 Å². The molecule has 8 heteroatoms. The van der Waals surface area contributed by atoms with Gasteiger partial charge in [0.05, 0.1) is 11.3 Å². The number of nitrogens with one attached hydrogen (secondary N) is 2. The number of anilines is 4. The Morgan fingerprint density at radius 3 is 2.25 bits per heavy atom. The molecule has 0 aliphatic rings. The molecule has 5 nitrogen and oxygen atoms in total. The zero-order chi connectivity index (χ0) is 20.3. The van der Waals surface area contributed by atoms with E-state index in [-0.39, 0.29) is 23.0 Å². The summed E-state index contributed by atoms with van der Waals surface area (Å²) in [5, 5.41) is 5.29. The lowest BCUT2D eigenvalue weighted by molar-refractivity contribution is 0.102. The molecule has 0 aliphatic heterocycles. The molecule has 144 valence electrons. The highest BCUT2D eigenvalue weighted by Crippen LogP contribution is 2.23. The quantitative estimate of drug-likeness (QED) is 0.631. The smallest absolute Gasteiger partial charge is 0.257 e. The van der Waals surface area contributed by atoms with Crippen molar-refractivity contribution in [2.24, 2.45) is 0 Å². The average Bonchev–Trinajstić information content (AvgIpc) is 2.69. The molecule has 3 aromatic rings. The number of halogens is 3. The molecule has 1 aromatic heterocycles. The van der Waals surface area contributed by atoms with Gasteiger partial charge in [-0.2, -0.15) is 0 Å². The molecule has 1 heterocycles. The van der Waals surface area contributed by atoms with Crippen LogP contribution in [0.4, 0.5) is 36.1 Å². The van der Waals surface area contributed by atoms with Gasteiger partial charge in [0.15, 0.2) is 17.5 Å². The van der Waals surface area contributed by atoms with Crippen molar-refractivity contribution >= 4 is 28.8 Å². The van der Waals surface area contributed by atoms with E-state index in [1.165, 1.54) is 18.3 Å². The normalized spacial score (nSPS) is 10.5. The number of rotatable bonds is 5. The van der Waals surface area contributed by atoms with Crippen LogP contribution >= 0.6 is 0 Å². The number of hydrogen-bond acceptors (Lipinski definition) is 4. The second-order valence-electron chi connectivity index (χ2n) is 6.18. The summed E-state index contributed by atoms with van der Waals surface area (Å²) in [5.74, 6) is -4.37. The number of carbonyl (C=O) groups is 1. The second kappa shape index (κ2) is 7.99. The van der Waals surface area contributed by atoms with Gasteiger partial charge in [0.2, 0.25) is 0 Å². The minimum atomic E-state index is -1.57. The fraction of sp³-hybridized carbons (Fsp3) is 0.100. The lowest BCUT2D eigenvalue weighted by Crippen LogP contribution is -2.13. The molecular formula is C20H17F3N4O. The topological polar surface area (TPSA) is 57.3 Å². The summed E-state index contributed by atoms with van der Waals surface area (Å²) in [7, 11) is 3.84. The summed E-state index contributed by atoms with van der Waals surface area (Å²) < 4.78 is 40.0. The molecule has 1 amide bonds. The maximum atomic E-state index is 13.7. The lowest BCUT2D eigenvalue weighted by atomic mass is 10.2. The maximum absolute atomic E-state index is 13.7. The number of aromatic nitrogens is 1. The highest BCUT2D eigenvalue weighted by atomic mass is 19.2. The van der Waals surface area contributed by atoms with Crippen LogP contribution in [0.2, 0.25) is 0 Å². The number of carbonyl (C=O) groups excluding carboxylic acids is 1. The van der Waals surface area contributed by atoms with Crippen LogP contribution in [0, 0.1) is 17.5 Å². The zero-order valence-corrected chi connectivity index (χ0v) is 15.1. The standard InChI is InChI=1S/C20H17F3N4O/c1-27(2)14-6-4-13(5-7-14)25-20(28)12-3-10-17(24-11-12)26-16-9-8-15(21)18(22)19(16)23/h3-11H,1-2H3,(H,24,26)(H,25,28). The third-order valence-corrected chi connectivity index (χ3v) is 3.97. The largest absolute Gasteiger partial charge is 0.378 e. The van der Waals surface area contributed by atoms with Crippen molar-refractivity contribution in [3.05, 3.63) is 77.7 Å². The first-order chi connectivity index (χ1) is 13.3. The van der Waals surface area contributed by atoms with Gasteiger partial charge in [0.1, 0.15) is 5.82 Å². The van der Waals surface area contributed by atoms with Crippen LogP contribution in [-0.2, 0) is 0 Å². The van der Waals surface area contributed by atoms with E-state index in [0.717, 1.165) is 17.8 Å². The first kappa shape index (κ1) is 19.2. The lowest BCUT2D eigenvalue weighted by Gasteiger charge is -2.13. The molecule has 0 bridgehead atoms. The van der Waals surface area contributed by atoms with Crippen LogP contribution in [0.5, 0.6) is 0 Å². The Morgan fingerprint density at radius 1 is 0.929 bits per heavy atom. The van der Waals surface area contributed by atoms with E-state index in [2.05, 4.69) is 15.6 Å². The zero-order valence-electron chi connectivity index (χ0n) is 15.1. The first-order valence-electron chi connectivity index (χ1n) is 8.30. The van der Waals surface area contributed by atoms with Crippen molar-refractivity contribution in [1.29, 1.82) is 0 Å². The average molecular weight is 386 g/mol. The third kappa shape index (κ3) is 4.22. The molecule has 0 spiro atoms. The summed E-state index contributed by atoms with van der Waals surface area (Å²) in [5.41, 5.74) is 1.65. The summed E-state index contributed by atoms with van der Waals surface area (Å²) in [4.78, 5) is 18.3. The summed E-state index contributed by atoms with van der Waals surface area (Å²) in [6, 6.07) is 12.1. The molecule has 2 aromatic carbocycles. The number of pyridine rings is 1.